The van der Waals surface area contributed by atoms with Crippen molar-refractivity contribution >= 4 is 22.6 Å². The van der Waals surface area contributed by atoms with Crippen LogP contribution in [0.15, 0.2) is 24.3 Å². The highest BCUT2D eigenvalue weighted by Gasteiger charge is 2.32. The lowest BCUT2D eigenvalue weighted by Crippen LogP contribution is -2.58. The van der Waals surface area contributed by atoms with Gasteiger partial charge in [0.05, 0.1) is 19.0 Å². The number of allylic oxidation sites excluding steroid dienone is 2. The molecule has 25 heavy (non-hydrogen) atoms. The molecule has 2 rings (SSSR count). The van der Waals surface area contributed by atoms with Gasteiger partial charge in [-0.1, -0.05) is 31.2 Å². The van der Waals surface area contributed by atoms with Crippen LogP contribution in [0.4, 0.5) is 9.80 Å². The molecule has 0 saturated carbocycles. The third-order valence-corrected chi connectivity index (χ3v) is 5.45. The number of carbonyl (C=O) groups excluding carboxylic acids is 1. The van der Waals surface area contributed by atoms with Crippen LogP contribution < -0.4 is 4.90 Å². The van der Waals surface area contributed by atoms with Crippen molar-refractivity contribution in [2.75, 3.05) is 31.3 Å². The van der Waals surface area contributed by atoms with Gasteiger partial charge in [0.2, 0.25) is 0 Å². The molecule has 0 N–H and O–H groups in total. The lowest BCUT2D eigenvalue weighted by molar-refractivity contribution is 0.118. The van der Waals surface area contributed by atoms with Gasteiger partial charge in [-0.25, -0.2) is 4.79 Å². The van der Waals surface area contributed by atoms with Crippen molar-refractivity contribution in [3.05, 3.63) is 35.6 Å². The Morgan fingerprint density at radius 1 is 1.12 bits per heavy atom. The van der Waals surface area contributed by atoms with Crippen LogP contribution in [-0.4, -0.2) is 46.6 Å². The monoisotopic (exact) mass is 362 g/mol. The lowest BCUT2D eigenvalue weighted by atomic mass is 10.2. The molecule has 6 heteroatoms. The summed E-state index contributed by atoms with van der Waals surface area (Å²) in [5.41, 5.74) is 2.24. The number of anilines is 1. The van der Waals surface area contributed by atoms with Crippen LogP contribution in [0.1, 0.15) is 44.9 Å². The normalized spacial score (nSPS) is 16.7. The first kappa shape index (κ1) is 19.7. The fourth-order valence-electron chi connectivity index (χ4n) is 3.00. The Labute approximate surface area is 155 Å². The van der Waals surface area contributed by atoms with Gasteiger partial charge in [-0.2, -0.15) is 4.37 Å². The van der Waals surface area contributed by atoms with Crippen molar-refractivity contribution in [1.29, 1.82) is 0 Å². The van der Waals surface area contributed by atoms with E-state index in [1.807, 2.05) is 29.7 Å². The second kappa shape index (κ2) is 9.73. The van der Waals surface area contributed by atoms with Crippen molar-refractivity contribution in [2.45, 2.75) is 47.0 Å². The summed E-state index contributed by atoms with van der Waals surface area (Å²) in [5, 5.41) is 0.994. The maximum atomic E-state index is 13.0. The number of amides is 2. The molecule has 1 aliphatic rings. The molecule has 2 heterocycles. The topological polar surface area (TPSA) is 39.7 Å². The van der Waals surface area contributed by atoms with E-state index in [4.69, 9.17) is 0 Å². The molecule has 1 aromatic heterocycles. The predicted octanol–water partition coefficient (Wildman–Crippen LogP) is 4.41. The fourth-order valence-corrected chi connectivity index (χ4v) is 3.95. The van der Waals surface area contributed by atoms with Gasteiger partial charge < -0.3 is 4.90 Å². The van der Waals surface area contributed by atoms with E-state index >= 15 is 0 Å². The van der Waals surface area contributed by atoms with Crippen LogP contribution in [0.2, 0.25) is 0 Å². The number of hydrogen-bond donors (Lipinski definition) is 0. The molecule has 5 nitrogen and oxygen atoms in total. The van der Waals surface area contributed by atoms with Crippen LogP contribution in [0.3, 0.4) is 0 Å². The van der Waals surface area contributed by atoms with Crippen molar-refractivity contribution in [2.24, 2.45) is 0 Å². The Hall–Kier alpha value is -1.66. The Morgan fingerprint density at radius 3 is 2.40 bits per heavy atom. The molecule has 0 spiro atoms. The van der Waals surface area contributed by atoms with E-state index in [-0.39, 0.29) is 6.03 Å². The first-order valence-electron chi connectivity index (χ1n) is 9.08. The van der Waals surface area contributed by atoms with Gasteiger partial charge in [-0.05, 0) is 51.6 Å². The fraction of sp³-hybridized carbons (Fsp3) is 0.579. The quantitative estimate of drug-likeness (QED) is 0.643. The summed E-state index contributed by atoms with van der Waals surface area (Å²) in [6, 6.07) is 0.0983. The molecule has 1 fully saturated rings. The maximum absolute atomic E-state index is 13.0. The van der Waals surface area contributed by atoms with Crippen LogP contribution in [0, 0.1) is 6.92 Å². The summed E-state index contributed by atoms with van der Waals surface area (Å²) in [4.78, 5) is 19.2. The molecule has 0 radical (unpaired) electrons. The Kier molecular flexibility index (Phi) is 7.65. The summed E-state index contributed by atoms with van der Waals surface area (Å²) in [6.07, 6.45) is 11.2. The van der Waals surface area contributed by atoms with Crippen molar-refractivity contribution in [1.82, 2.24) is 14.2 Å². The molecule has 0 unspecified atom stereocenters. The van der Waals surface area contributed by atoms with E-state index in [1.165, 1.54) is 11.5 Å². The van der Waals surface area contributed by atoms with Gasteiger partial charge in [-0.3, -0.25) is 9.80 Å². The minimum atomic E-state index is 0.0983. The van der Waals surface area contributed by atoms with Crippen molar-refractivity contribution in [3.63, 3.8) is 0 Å². The highest BCUT2D eigenvalue weighted by Crippen LogP contribution is 2.31. The molecule has 2 amide bonds. The summed E-state index contributed by atoms with van der Waals surface area (Å²) in [7, 11) is 0. The molecule has 138 valence electrons. The molecular formula is C19H30N4OS. The second-order valence-corrected chi connectivity index (χ2v) is 7.03. The van der Waals surface area contributed by atoms with Crippen LogP contribution in [-0.2, 0) is 6.42 Å². The number of carbonyl (C=O) groups is 1. The number of aromatic nitrogens is 1. The third kappa shape index (κ3) is 4.92. The molecule has 0 atom stereocenters. The molecular weight excluding hydrogens is 332 g/mol. The number of aryl methyl sites for hydroxylation is 1. The van der Waals surface area contributed by atoms with Crippen LogP contribution in [0.25, 0.3) is 0 Å². The third-order valence-electron chi connectivity index (χ3n) is 4.44. The van der Waals surface area contributed by atoms with Gasteiger partial charge in [0, 0.05) is 18.7 Å². The summed E-state index contributed by atoms with van der Waals surface area (Å²) >= 11 is 1.45. The highest BCUT2D eigenvalue weighted by molar-refractivity contribution is 7.10. The minimum Gasteiger partial charge on any atom is -0.311 e. The van der Waals surface area contributed by atoms with Gasteiger partial charge >= 0.3 is 6.03 Å². The molecule has 0 bridgehead atoms. The molecule has 0 aliphatic carbocycles. The minimum absolute atomic E-state index is 0.0983. The zero-order valence-electron chi connectivity index (χ0n) is 15.9. The maximum Gasteiger partial charge on any atom is 0.327 e. The molecule has 1 saturated heterocycles. The smallest absolute Gasteiger partial charge is 0.311 e. The number of hydrogen-bond acceptors (Lipinski definition) is 4. The number of rotatable bonds is 8. The van der Waals surface area contributed by atoms with Crippen LogP contribution >= 0.6 is 11.5 Å². The van der Waals surface area contributed by atoms with E-state index in [0.29, 0.717) is 13.3 Å². The predicted molar refractivity (Wildman–Crippen MR) is 106 cm³/mol. The molecule has 1 aliphatic heterocycles. The number of urea groups is 1. The summed E-state index contributed by atoms with van der Waals surface area (Å²) < 4.78 is 4.53. The largest absolute Gasteiger partial charge is 0.327 e. The molecule has 1 aromatic rings. The van der Waals surface area contributed by atoms with E-state index in [0.717, 1.165) is 48.6 Å². The van der Waals surface area contributed by atoms with Gasteiger partial charge in [-0.15, -0.1) is 0 Å². The first-order chi connectivity index (χ1) is 12.1. The van der Waals surface area contributed by atoms with Crippen LogP contribution in [0.5, 0.6) is 0 Å². The first-order valence-corrected chi connectivity index (χ1v) is 9.85. The SMILES string of the molecule is CC=CCCN1CN(CCC=CC)C(=O)N(c2snc(CC)c2C)C1. The standard InChI is InChI=1S/C19H30N4OS/c1-5-8-10-12-21-14-22(13-11-9-6-2)19(24)23(15-21)18-16(4)17(7-3)20-25-18/h5-6,8-9H,7,10-15H2,1-4H3. The Bertz CT molecular complexity index is 623. The van der Waals surface area contributed by atoms with E-state index in [2.05, 4.69) is 41.3 Å². The van der Waals surface area contributed by atoms with Gasteiger partial charge in [0.1, 0.15) is 5.00 Å². The van der Waals surface area contributed by atoms with E-state index in [9.17, 15) is 4.79 Å². The molecule has 0 aromatic carbocycles. The average molecular weight is 363 g/mol. The van der Waals surface area contributed by atoms with Crippen molar-refractivity contribution < 1.29 is 4.79 Å². The average Bonchev–Trinajstić information content (AvgIpc) is 2.98. The second-order valence-electron chi connectivity index (χ2n) is 6.28. The van der Waals surface area contributed by atoms with Gasteiger partial charge in [0.15, 0.2) is 0 Å². The van der Waals surface area contributed by atoms with Gasteiger partial charge in [0.25, 0.3) is 0 Å². The van der Waals surface area contributed by atoms with E-state index < -0.39 is 0 Å². The number of nitrogens with zero attached hydrogens (tertiary/aromatic N) is 4. The Morgan fingerprint density at radius 2 is 1.80 bits per heavy atom. The highest BCUT2D eigenvalue weighted by atomic mass is 32.1. The zero-order valence-corrected chi connectivity index (χ0v) is 16.7. The summed E-state index contributed by atoms with van der Waals surface area (Å²) in [6.45, 7) is 11.3. The van der Waals surface area contributed by atoms with Crippen molar-refractivity contribution in [3.8, 4) is 0 Å². The lowest BCUT2D eigenvalue weighted by Gasteiger charge is -2.41. The Balaban J connectivity index is 2.19. The summed E-state index contributed by atoms with van der Waals surface area (Å²) in [5.74, 6) is 0. The van der Waals surface area contributed by atoms with E-state index in [1.54, 1.807) is 0 Å². The zero-order chi connectivity index (χ0) is 18.2.